The van der Waals surface area contributed by atoms with Gasteiger partial charge < -0.3 is 9.47 Å². The summed E-state index contributed by atoms with van der Waals surface area (Å²) in [6.45, 7) is 9.81. The quantitative estimate of drug-likeness (QED) is 0.109. The highest BCUT2D eigenvalue weighted by atomic mass is 127. The molecule has 0 aromatic heterocycles. The maximum absolute atomic E-state index is 12.2. The van der Waals surface area contributed by atoms with E-state index in [0.717, 1.165) is 10.6 Å². The highest BCUT2D eigenvalue weighted by Gasteiger charge is 2.30. The van der Waals surface area contributed by atoms with Gasteiger partial charge in [0.15, 0.2) is 14.7 Å². The van der Waals surface area contributed by atoms with Gasteiger partial charge >= 0.3 is 5.97 Å². The molecule has 1 atom stereocenters. The van der Waals surface area contributed by atoms with Crippen LogP contribution in [0.25, 0.3) is 0 Å². The average molecular weight is 547 g/mol. The van der Waals surface area contributed by atoms with Crippen LogP contribution in [0.3, 0.4) is 0 Å². The predicted octanol–water partition coefficient (Wildman–Crippen LogP) is 7.08. The Kier molecular flexibility index (Phi) is 7.37. The fourth-order valence-corrected chi connectivity index (χ4v) is 5.01. The second kappa shape index (κ2) is 9.65. The lowest BCUT2D eigenvalue weighted by atomic mass is 10.2. The molecule has 5 heteroatoms. The molecule has 0 spiro atoms. The van der Waals surface area contributed by atoms with E-state index in [1.54, 1.807) is 0 Å². The lowest BCUT2D eigenvalue weighted by Crippen LogP contribution is -2.28. The lowest BCUT2D eigenvalue weighted by molar-refractivity contribution is -0.135. The van der Waals surface area contributed by atoms with E-state index in [1.165, 1.54) is 9.79 Å². The first-order valence-corrected chi connectivity index (χ1v) is 12.4. The maximum atomic E-state index is 12.2. The number of hydrogen-bond donors (Lipinski definition) is 0. The van der Waals surface area contributed by atoms with Crippen molar-refractivity contribution in [2.75, 3.05) is 0 Å². The van der Waals surface area contributed by atoms with Crippen LogP contribution in [0.5, 0.6) is 11.5 Å². The van der Waals surface area contributed by atoms with E-state index in [-0.39, 0.29) is 22.5 Å². The molecule has 0 aliphatic carbocycles. The fraction of sp³-hybridized carbons (Fsp3) is 0.269. The highest BCUT2D eigenvalue weighted by Crippen LogP contribution is 2.33. The molecule has 3 aromatic rings. The molecule has 0 aliphatic heterocycles. The van der Waals surface area contributed by atoms with E-state index in [2.05, 4.69) is 59.0 Å². The van der Waals surface area contributed by atoms with Gasteiger partial charge in [-0.1, -0.05) is 40.8 Å². The Hall–Kier alpha value is -1.99. The number of rotatable bonds is 6. The van der Waals surface area contributed by atoms with Crippen molar-refractivity contribution in [2.24, 2.45) is 0 Å². The van der Waals surface area contributed by atoms with E-state index in [0.29, 0.717) is 5.75 Å². The molecule has 3 nitrogen and oxygen atoms in total. The van der Waals surface area contributed by atoms with Crippen LogP contribution in [0.2, 0.25) is 0 Å². The topological polar surface area (TPSA) is 35.5 Å². The molecule has 0 fully saturated rings. The predicted molar refractivity (Wildman–Crippen MR) is 136 cm³/mol. The molecule has 1 unspecified atom stereocenters. The van der Waals surface area contributed by atoms with Crippen LogP contribution in [0.1, 0.15) is 34.6 Å². The van der Waals surface area contributed by atoms with Gasteiger partial charge in [-0.3, -0.25) is 4.79 Å². The van der Waals surface area contributed by atoms with Gasteiger partial charge in [-0.2, -0.15) is 0 Å². The number of benzene rings is 3. The smallest absolute Gasteiger partial charge is 0.326 e. The van der Waals surface area contributed by atoms with Crippen molar-refractivity contribution in [3.63, 3.8) is 0 Å². The van der Waals surface area contributed by atoms with Crippen LogP contribution in [0.4, 0.5) is 0 Å². The Bertz CT molecular complexity index is 1000. The van der Waals surface area contributed by atoms with E-state index < -0.39 is 3.42 Å². The van der Waals surface area contributed by atoms with Crippen molar-refractivity contribution >= 4 is 39.5 Å². The standard InChI is InChI=1S/C26H28IO3S/c1-25(2,3)30-20-13-17-23(18-14-20)31(21-9-7-6-8-10-21)22-15-11-19(12-16-22)29-24(28)26(4,5)27/h6-18H,1-5H3/q+1. The molecule has 0 aliphatic rings. The van der Waals surface area contributed by atoms with Gasteiger partial charge in [0.1, 0.15) is 20.5 Å². The summed E-state index contributed by atoms with van der Waals surface area (Å²) in [5.74, 6) is 1.16. The summed E-state index contributed by atoms with van der Waals surface area (Å²) in [6.07, 6.45) is 0. The third-order valence-corrected chi connectivity index (χ3v) is 6.89. The monoisotopic (exact) mass is 547 g/mol. The molecule has 0 bridgehead atoms. The summed E-state index contributed by atoms with van der Waals surface area (Å²) < 4.78 is 10.9. The minimum atomic E-state index is -0.568. The number of carbonyl (C=O) groups excluding carboxylic acids is 1. The number of esters is 1. The van der Waals surface area contributed by atoms with Crippen molar-refractivity contribution in [1.82, 2.24) is 0 Å². The van der Waals surface area contributed by atoms with Crippen molar-refractivity contribution in [1.29, 1.82) is 0 Å². The minimum Gasteiger partial charge on any atom is -0.488 e. The van der Waals surface area contributed by atoms with Crippen molar-refractivity contribution in [3.05, 3.63) is 78.9 Å². The molecule has 0 saturated heterocycles. The molecule has 3 rings (SSSR count). The lowest BCUT2D eigenvalue weighted by Gasteiger charge is -2.21. The largest absolute Gasteiger partial charge is 0.488 e. The molecule has 0 amide bonds. The summed E-state index contributed by atoms with van der Waals surface area (Å²) >= 11 is 2.09. The van der Waals surface area contributed by atoms with E-state index in [9.17, 15) is 4.79 Å². The number of carbonyl (C=O) groups is 1. The van der Waals surface area contributed by atoms with Gasteiger partial charge in [0.25, 0.3) is 0 Å². The van der Waals surface area contributed by atoms with Crippen molar-refractivity contribution in [2.45, 2.75) is 58.3 Å². The molecule has 162 valence electrons. The first kappa shape index (κ1) is 23.7. The zero-order valence-electron chi connectivity index (χ0n) is 18.5. The molecule has 0 N–H and O–H groups in total. The number of ether oxygens (including phenoxy) is 2. The highest BCUT2D eigenvalue weighted by molar-refractivity contribution is 14.1. The van der Waals surface area contributed by atoms with Crippen LogP contribution in [-0.2, 0) is 15.7 Å². The first-order chi connectivity index (χ1) is 14.5. The van der Waals surface area contributed by atoms with Gasteiger partial charge in [0.2, 0.25) is 0 Å². The Morgan fingerprint density at radius 3 is 1.61 bits per heavy atom. The zero-order valence-corrected chi connectivity index (χ0v) is 21.5. The normalized spacial score (nSPS) is 12.8. The van der Waals surface area contributed by atoms with Crippen LogP contribution in [-0.4, -0.2) is 15.0 Å². The van der Waals surface area contributed by atoms with Gasteiger partial charge in [0.05, 0.1) is 10.9 Å². The van der Waals surface area contributed by atoms with E-state index >= 15 is 0 Å². The van der Waals surface area contributed by atoms with Gasteiger partial charge in [-0.15, -0.1) is 0 Å². The Morgan fingerprint density at radius 2 is 1.16 bits per heavy atom. The van der Waals surface area contributed by atoms with Gasteiger partial charge in [0, 0.05) is 0 Å². The number of hydrogen-bond acceptors (Lipinski definition) is 3. The van der Waals surface area contributed by atoms with Crippen LogP contribution in [0, 0.1) is 0 Å². The Balaban J connectivity index is 1.91. The molecule has 0 saturated carbocycles. The number of alkyl halides is 1. The molecule has 0 radical (unpaired) electrons. The van der Waals surface area contributed by atoms with Gasteiger partial charge in [-0.05, 0) is 95.3 Å². The first-order valence-electron chi connectivity index (χ1n) is 10.1. The van der Waals surface area contributed by atoms with Gasteiger partial charge in [-0.25, -0.2) is 0 Å². The van der Waals surface area contributed by atoms with Crippen LogP contribution >= 0.6 is 22.6 Å². The summed E-state index contributed by atoms with van der Waals surface area (Å²) in [6, 6.07) is 26.6. The third kappa shape index (κ3) is 6.74. The molecular formula is C26H28IO3S+. The summed E-state index contributed by atoms with van der Waals surface area (Å²) in [5.41, 5.74) is -0.234. The Labute approximate surface area is 201 Å². The van der Waals surface area contributed by atoms with Crippen LogP contribution in [0.15, 0.2) is 93.5 Å². The zero-order chi connectivity index (χ0) is 22.6. The van der Waals surface area contributed by atoms with E-state index in [4.69, 9.17) is 9.47 Å². The average Bonchev–Trinajstić information content (AvgIpc) is 2.70. The van der Waals surface area contributed by atoms with E-state index in [1.807, 2.05) is 77.1 Å². The third-order valence-electron chi connectivity index (χ3n) is 4.22. The van der Waals surface area contributed by atoms with Crippen molar-refractivity contribution in [3.8, 4) is 11.5 Å². The molecule has 0 heterocycles. The summed E-state index contributed by atoms with van der Waals surface area (Å²) in [5, 5.41) is 0. The fourth-order valence-electron chi connectivity index (χ4n) is 2.83. The molecular weight excluding hydrogens is 519 g/mol. The Morgan fingerprint density at radius 1 is 0.710 bits per heavy atom. The minimum absolute atomic E-state index is 0.234. The maximum Gasteiger partial charge on any atom is 0.326 e. The summed E-state index contributed by atoms with van der Waals surface area (Å²) in [4.78, 5) is 15.8. The molecule has 31 heavy (non-hydrogen) atoms. The second-order valence-corrected chi connectivity index (χ2v) is 13.4. The SMILES string of the molecule is CC(C)(C)Oc1ccc([S+](c2ccccc2)c2ccc(OC(=O)C(C)(C)I)cc2)cc1. The number of halogens is 1. The van der Waals surface area contributed by atoms with Crippen LogP contribution < -0.4 is 9.47 Å². The molecule has 3 aromatic carbocycles. The van der Waals surface area contributed by atoms with Crippen molar-refractivity contribution < 1.29 is 14.3 Å². The summed E-state index contributed by atoms with van der Waals surface area (Å²) in [7, 11) is -0.282. The second-order valence-electron chi connectivity index (χ2n) is 8.64.